The van der Waals surface area contributed by atoms with Crippen LogP contribution < -0.4 is 10.9 Å². The lowest BCUT2D eigenvalue weighted by atomic mass is 9.96. The Morgan fingerprint density at radius 1 is 1.12 bits per heavy atom. The molecule has 32 heavy (non-hydrogen) atoms. The van der Waals surface area contributed by atoms with E-state index in [1.54, 1.807) is 0 Å². The van der Waals surface area contributed by atoms with Crippen molar-refractivity contribution in [3.63, 3.8) is 0 Å². The van der Waals surface area contributed by atoms with Gasteiger partial charge in [0.15, 0.2) is 0 Å². The quantitative estimate of drug-likeness (QED) is 0.657. The number of rotatable bonds is 8. The lowest BCUT2D eigenvalue weighted by Gasteiger charge is -2.34. The summed E-state index contributed by atoms with van der Waals surface area (Å²) in [6, 6.07) is 17.8. The molecule has 0 bridgehead atoms. The van der Waals surface area contributed by atoms with Gasteiger partial charge in [0, 0.05) is 38.8 Å². The number of hydrogen-bond acceptors (Lipinski definition) is 4. The van der Waals surface area contributed by atoms with E-state index in [2.05, 4.69) is 40.0 Å². The van der Waals surface area contributed by atoms with Crippen molar-refractivity contribution in [1.82, 2.24) is 20.7 Å². The van der Waals surface area contributed by atoms with Gasteiger partial charge in [-0.05, 0) is 61.9 Å². The Kier molecular flexibility index (Phi) is 7.90. The Morgan fingerprint density at radius 2 is 1.91 bits per heavy atom. The average Bonchev–Trinajstić information content (AvgIpc) is 3.29. The van der Waals surface area contributed by atoms with Gasteiger partial charge >= 0.3 is 0 Å². The van der Waals surface area contributed by atoms with Crippen LogP contribution >= 0.6 is 0 Å². The molecular weight excluding hydrogens is 403 g/mol. The van der Waals surface area contributed by atoms with E-state index < -0.39 is 0 Å². The fourth-order valence-electron chi connectivity index (χ4n) is 4.96. The number of amides is 1. The molecule has 2 heterocycles. The van der Waals surface area contributed by atoms with Gasteiger partial charge in [0.2, 0.25) is 5.91 Å². The maximum absolute atomic E-state index is 13.1. The highest BCUT2D eigenvalue weighted by atomic mass is 19.1. The van der Waals surface area contributed by atoms with Crippen LogP contribution in [0.1, 0.15) is 49.3 Å². The van der Waals surface area contributed by atoms with Gasteiger partial charge in [-0.3, -0.25) is 20.5 Å². The molecule has 5 nitrogen and oxygen atoms in total. The Bertz CT molecular complexity index is 860. The molecule has 2 aliphatic heterocycles. The third kappa shape index (κ3) is 6.15. The number of likely N-dealkylation sites (tertiary alicyclic amines) is 1. The van der Waals surface area contributed by atoms with Gasteiger partial charge in [-0.25, -0.2) is 4.39 Å². The normalized spacial score (nSPS) is 23.9. The smallest absolute Gasteiger partial charge is 0.226 e. The molecule has 0 saturated carbocycles. The SMILES string of the molecule is CN(CCCC1CC(c2ccc(F)cc2)NN1)C(=O)C1CCCN(Cc2ccccc2)C1. The largest absolute Gasteiger partial charge is 0.345 e. The van der Waals surface area contributed by atoms with Gasteiger partial charge in [-0.2, -0.15) is 0 Å². The van der Waals surface area contributed by atoms with Crippen molar-refractivity contribution in [2.45, 2.75) is 50.7 Å². The van der Waals surface area contributed by atoms with Crippen LogP contribution in [0.15, 0.2) is 54.6 Å². The first-order valence-corrected chi connectivity index (χ1v) is 11.9. The summed E-state index contributed by atoms with van der Waals surface area (Å²) in [5, 5.41) is 0. The molecule has 2 aliphatic rings. The first kappa shape index (κ1) is 22.9. The van der Waals surface area contributed by atoms with Crippen LogP contribution in [0.25, 0.3) is 0 Å². The molecule has 4 rings (SSSR count). The summed E-state index contributed by atoms with van der Waals surface area (Å²) in [4.78, 5) is 17.4. The second-order valence-electron chi connectivity index (χ2n) is 9.29. The summed E-state index contributed by atoms with van der Waals surface area (Å²) in [5.41, 5.74) is 9.10. The summed E-state index contributed by atoms with van der Waals surface area (Å²) in [5.74, 6) is 0.182. The zero-order chi connectivity index (χ0) is 22.3. The highest BCUT2D eigenvalue weighted by Crippen LogP contribution is 2.25. The first-order valence-electron chi connectivity index (χ1n) is 11.9. The summed E-state index contributed by atoms with van der Waals surface area (Å²) in [6.07, 6.45) is 5.02. The standard InChI is InChI=1S/C26H35FN4O/c1-30(15-6-10-24-17-25(29-28-24)21-11-13-23(27)14-12-21)26(32)22-9-5-16-31(19-22)18-20-7-3-2-4-8-20/h2-4,7-8,11-14,22,24-25,28-29H,5-6,9-10,15-19H2,1H3. The van der Waals surface area contributed by atoms with Crippen molar-refractivity contribution in [3.8, 4) is 0 Å². The van der Waals surface area contributed by atoms with Gasteiger partial charge in [0.25, 0.3) is 0 Å². The Morgan fingerprint density at radius 3 is 2.69 bits per heavy atom. The van der Waals surface area contributed by atoms with Crippen molar-refractivity contribution < 1.29 is 9.18 Å². The number of carbonyl (C=O) groups is 1. The minimum Gasteiger partial charge on any atom is -0.345 e. The van der Waals surface area contributed by atoms with E-state index in [1.807, 2.05) is 30.1 Å². The molecule has 0 aliphatic carbocycles. The van der Waals surface area contributed by atoms with Gasteiger partial charge < -0.3 is 4.90 Å². The van der Waals surface area contributed by atoms with E-state index >= 15 is 0 Å². The van der Waals surface area contributed by atoms with Crippen LogP contribution in [0, 0.1) is 11.7 Å². The molecule has 2 saturated heterocycles. The third-order valence-electron chi connectivity index (χ3n) is 6.78. The maximum Gasteiger partial charge on any atom is 0.226 e. The molecule has 172 valence electrons. The number of halogens is 1. The second-order valence-corrected chi connectivity index (χ2v) is 9.29. The molecule has 2 N–H and O–H groups in total. The van der Waals surface area contributed by atoms with Crippen LogP contribution in [0.3, 0.4) is 0 Å². The number of benzene rings is 2. The molecule has 1 amide bonds. The number of carbonyl (C=O) groups excluding carboxylic acids is 1. The van der Waals surface area contributed by atoms with E-state index in [1.165, 1.54) is 17.7 Å². The minimum absolute atomic E-state index is 0.103. The Balaban J connectivity index is 1.18. The molecule has 2 aromatic carbocycles. The van der Waals surface area contributed by atoms with E-state index in [-0.39, 0.29) is 23.7 Å². The van der Waals surface area contributed by atoms with Crippen LogP contribution in [-0.4, -0.2) is 48.4 Å². The minimum atomic E-state index is -0.204. The molecular formula is C26H35FN4O. The third-order valence-corrected chi connectivity index (χ3v) is 6.78. The average molecular weight is 439 g/mol. The highest BCUT2D eigenvalue weighted by Gasteiger charge is 2.28. The van der Waals surface area contributed by atoms with E-state index in [0.29, 0.717) is 6.04 Å². The molecule has 0 aromatic heterocycles. The highest BCUT2D eigenvalue weighted by molar-refractivity contribution is 5.78. The van der Waals surface area contributed by atoms with Crippen LogP contribution in [0.2, 0.25) is 0 Å². The number of hydrazine groups is 1. The van der Waals surface area contributed by atoms with Crippen molar-refractivity contribution >= 4 is 5.91 Å². The summed E-state index contributed by atoms with van der Waals surface area (Å²) < 4.78 is 13.1. The zero-order valence-electron chi connectivity index (χ0n) is 19.0. The van der Waals surface area contributed by atoms with E-state index in [9.17, 15) is 9.18 Å². The predicted molar refractivity (Wildman–Crippen MR) is 125 cm³/mol. The fourth-order valence-corrected chi connectivity index (χ4v) is 4.96. The lowest BCUT2D eigenvalue weighted by Crippen LogP contribution is -2.43. The molecule has 2 aromatic rings. The second kappa shape index (κ2) is 11.0. The molecule has 0 radical (unpaired) electrons. The number of piperidine rings is 1. The zero-order valence-corrected chi connectivity index (χ0v) is 19.0. The maximum atomic E-state index is 13.1. The van der Waals surface area contributed by atoms with E-state index in [0.717, 1.165) is 63.8 Å². The fraction of sp³-hybridized carbons (Fsp3) is 0.500. The summed E-state index contributed by atoms with van der Waals surface area (Å²) >= 11 is 0. The van der Waals surface area contributed by atoms with Crippen molar-refractivity contribution in [2.24, 2.45) is 5.92 Å². The lowest BCUT2D eigenvalue weighted by molar-refractivity contribution is -0.136. The predicted octanol–water partition coefficient (Wildman–Crippen LogP) is 3.88. The van der Waals surface area contributed by atoms with Gasteiger partial charge in [-0.1, -0.05) is 42.5 Å². The topological polar surface area (TPSA) is 47.6 Å². The first-order chi connectivity index (χ1) is 15.6. The Labute approximate surface area is 191 Å². The van der Waals surface area contributed by atoms with Gasteiger partial charge in [0.1, 0.15) is 5.82 Å². The molecule has 6 heteroatoms. The summed E-state index contributed by atoms with van der Waals surface area (Å²) in [6.45, 7) is 3.63. The van der Waals surface area contributed by atoms with Gasteiger partial charge in [-0.15, -0.1) is 0 Å². The van der Waals surface area contributed by atoms with Crippen LogP contribution in [0.4, 0.5) is 4.39 Å². The summed E-state index contributed by atoms with van der Waals surface area (Å²) in [7, 11) is 1.94. The van der Waals surface area contributed by atoms with Crippen molar-refractivity contribution in [2.75, 3.05) is 26.7 Å². The van der Waals surface area contributed by atoms with Crippen molar-refractivity contribution in [3.05, 3.63) is 71.5 Å². The van der Waals surface area contributed by atoms with E-state index in [4.69, 9.17) is 0 Å². The molecule has 3 unspecified atom stereocenters. The molecule has 3 atom stereocenters. The van der Waals surface area contributed by atoms with Crippen molar-refractivity contribution in [1.29, 1.82) is 0 Å². The monoisotopic (exact) mass is 438 g/mol. The van der Waals surface area contributed by atoms with Crippen LogP contribution in [-0.2, 0) is 11.3 Å². The molecule has 0 spiro atoms. The number of nitrogens with one attached hydrogen (secondary N) is 2. The van der Waals surface area contributed by atoms with Crippen LogP contribution in [0.5, 0.6) is 0 Å². The number of nitrogens with zero attached hydrogens (tertiary/aromatic N) is 2. The van der Waals surface area contributed by atoms with Gasteiger partial charge in [0.05, 0.1) is 5.92 Å². The number of hydrogen-bond donors (Lipinski definition) is 2. The Hall–Kier alpha value is -2.28. The molecule has 2 fully saturated rings.